The summed E-state index contributed by atoms with van der Waals surface area (Å²) < 4.78 is 4.14. The zero-order chi connectivity index (χ0) is 17.6. The summed E-state index contributed by atoms with van der Waals surface area (Å²) in [6, 6.07) is 1.08. The Morgan fingerprint density at radius 3 is 2.54 bits per heavy atom. The van der Waals surface area contributed by atoms with Crippen LogP contribution in [0.15, 0.2) is 21.9 Å². The molecule has 0 aromatic carbocycles. The molecule has 1 aliphatic heterocycles. The molecule has 128 valence electrons. The van der Waals surface area contributed by atoms with Gasteiger partial charge in [0, 0.05) is 40.0 Å². The van der Waals surface area contributed by atoms with E-state index in [1.54, 1.807) is 4.90 Å². The van der Waals surface area contributed by atoms with Crippen LogP contribution in [0.4, 0.5) is 0 Å². The number of amides is 1. The van der Waals surface area contributed by atoms with E-state index in [9.17, 15) is 14.4 Å². The number of nitrogens with zero attached hydrogens (tertiary/aromatic N) is 5. The number of imidazole rings is 1. The molecule has 1 atom stereocenters. The number of carbonyl (C=O) groups excluding carboxylic acids is 1. The summed E-state index contributed by atoms with van der Waals surface area (Å²) in [7, 11) is 4.81. The molecule has 3 heterocycles. The van der Waals surface area contributed by atoms with Crippen LogP contribution in [0.3, 0.4) is 0 Å². The molecule has 3 rings (SSSR count). The predicted molar refractivity (Wildman–Crippen MR) is 87.9 cm³/mol. The molecule has 0 saturated carbocycles. The summed E-state index contributed by atoms with van der Waals surface area (Å²) in [4.78, 5) is 43.2. The second kappa shape index (κ2) is 5.77. The topological polar surface area (TPSA) is 82.1 Å². The van der Waals surface area contributed by atoms with Crippen LogP contribution in [-0.2, 0) is 21.1 Å². The van der Waals surface area contributed by atoms with Gasteiger partial charge in [0.25, 0.3) is 11.5 Å². The van der Waals surface area contributed by atoms with Crippen molar-refractivity contribution in [3.63, 3.8) is 0 Å². The molecule has 2 aromatic rings. The van der Waals surface area contributed by atoms with Crippen LogP contribution in [0.25, 0.3) is 0 Å². The monoisotopic (exact) mass is 331 g/mol. The SMILES string of the molecule is Cc1cn(C)c(C2CCCN2C(=O)c2cc(=O)n(C)c(=O)n2C)n1. The van der Waals surface area contributed by atoms with Crippen LogP contribution in [0.2, 0.25) is 0 Å². The van der Waals surface area contributed by atoms with E-state index in [2.05, 4.69) is 4.98 Å². The van der Waals surface area contributed by atoms with Gasteiger partial charge in [-0.3, -0.25) is 18.7 Å². The lowest BCUT2D eigenvalue weighted by molar-refractivity contribution is 0.0716. The average molecular weight is 331 g/mol. The van der Waals surface area contributed by atoms with Gasteiger partial charge in [-0.25, -0.2) is 9.78 Å². The predicted octanol–water partition coefficient (Wildman–Crippen LogP) is 0.103. The highest BCUT2D eigenvalue weighted by atomic mass is 16.2. The molecule has 1 aliphatic rings. The molecular weight excluding hydrogens is 310 g/mol. The minimum absolute atomic E-state index is 0.112. The first-order valence-electron chi connectivity index (χ1n) is 7.89. The van der Waals surface area contributed by atoms with E-state index >= 15 is 0 Å². The highest BCUT2D eigenvalue weighted by Crippen LogP contribution is 2.32. The van der Waals surface area contributed by atoms with Gasteiger partial charge in [-0.2, -0.15) is 0 Å². The summed E-state index contributed by atoms with van der Waals surface area (Å²) in [5.74, 6) is 0.516. The Morgan fingerprint density at radius 2 is 1.92 bits per heavy atom. The fourth-order valence-corrected chi connectivity index (χ4v) is 3.31. The van der Waals surface area contributed by atoms with Crippen molar-refractivity contribution in [3.05, 3.63) is 50.3 Å². The van der Waals surface area contributed by atoms with E-state index < -0.39 is 11.2 Å². The maximum atomic E-state index is 13.0. The van der Waals surface area contributed by atoms with E-state index in [1.807, 2.05) is 24.7 Å². The van der Waals surface area contributed by atoms with Crippen molar-refractivity contribution in [1.82, 2.24) is 23.6 Å². The molecule has 0 radical (unpaired) electrons. The van der Waals surface area contributed by atoms with Crippen molar-refractivity contribution in [1.29, 1.82) is 0 Å². The van der Waals surface area contributed by atoms with Gasteiger partial charge in [-0.1, -0.05) is 0 Å². The van der Waals surface area contributed by atoms with Gasteiger partial charge in [-0.05, 0) is 19.8 Å². The second-order valence-corrected chi connectivity index (χ2v) is 6.28. The minimum atomic E-state index is -0.505. The standard InChI is InChI=1S/C16H21N5O3/c1-10-9-18(2)14(17-10)11-6-5-7-21(11)15(23)12-8-13(22)20(4)16(24)19(12)3/h8-9,11H,5-7H2,1-4H3. The second-order valence-electron chi connectivity index (χ2n) is 6.28. The van der Waals surface area contributed by atoms with Gasteiger partial charge in [0.05, 0.1) is 11.7 Å². The van der Waals surface area contributed by atoms with Crippen LogP contribution in [0.1, 0.15) is 40.9 Å². The normalized spacial score (nSPS) is 17.5. The lowest BCUT2D eigenvalue weighted by Crippen LogP contribution is -2.42. The number of aromatic nitrogens is 4. The van der Waals surface area contributed by atoms with Crippen molar-refractivity contribution in [2.75, 3.05) is 6.54 Å². The third-order valence-corrected chi connectivity index (χ3v) is 4.59. The molecule has 0 N–H and O–H groups in total. The van der Waals surface area contributed by atoms with Crippen molar-refractivity contribution in [3.8, 4) is 0 Å². The molecule has 0 spiro atoms. The van der Waals surface area contributed by atoms with Crippen LogP contribution in [0, 0.1) is 6.92 Å². The third kappa shape index (κ3) is 2.47. The van der Waals surface area contributed by atoms with Gasteiger partial charge >= 0.3 is 5.69 Å². The zero-order valence-corrected chi connectivity index (χ0v) is 14.3. The molecule has 24 heavy (non-hydrogen) atoms. The van der Waals surface area contributed by atoms with Crippen LogP contribution in [0.5, 0.6) is 0 Å². The Kier molecular flexibility index (Phi) is 3.90. The fourth-order valence-electron chi connectivity index (χ4n) is 3.31. The number of hydrogen-bond donors (Lipinski definition) is 0. The summed E-state index contributed by atoms with van der Waals surface area (Å²) in [6.45, 7) is 2.49. The van der Waals surface area contributed by atoms with Gasteiger partial charge in [0.15, 0.2) is 0 Å². The van der Waals surface area contributed by atoms with Crippen molar-refractivity contribution >= 4 is 5.91 Å². The van der Waals surface area contributed by atoms with E-state index in [0.717, 1.165) is 28.9 Å². The summed E-state index contributed by atoms with van der Waals surface area (Å²) >= 11 is 0. The third-order valence-electron chi connectivity index (χ3n) is 4.59. The highest BCUT2D eigenvalue weighted by molar-refractivity contribution is 5.92. The van der Waals surface area contributed by atoms with Crippen molar-refractivity contribution in [2.45, 2.75) is 25.8 Å². The van der Waals surface area contributed by atoms with Gasteiger partial charge < -0.3 is 9.47 Å². The van der Waals surface area contributed by atoms with E-state index in [0.29, 0.717) is 6.54 Å². The number of rotatable bonds is 2. The molecular formula is C16H21N5O3. The lowest BCUT2D eigenvalue weighted by atomic mass is 10.2. The molecule has 8 heteroatoms. The highest BCUT2D eigenvalue weighted by Gasteiger charge is 2.34. The smallest absolute Gasteiger partial charge is 0.331 e. The Labute approximate surface area is 139 Å². The van der Waals surface area contributed by atoms with Gasteiger partial charge in [0.1, 0.15) is 11.5 Å². The van der Waals surface area contributed by atoms with E-state index in [1.165, 1.54) is 24.7 Å². The van der Waals surface area contributed by atoms with Gasteiger partial charge in [-0.15, -0.1) is 0 Å². The quantitative estimate of drug-likeness (QED) is 0.782. The van der Waals surface area contributed by atoms with Gasteiger partial charge in [0.2, 0.25) is 0 Å². The van der Waals surface area contributed by atoms with Crippen LogP contribution < -0.4 is 11.2 Å². The molecule has 1 saturated heterocycles. The van der Waals surface area contributed by atoms with Crippen molar-refractivity contribution < 1.29 is 4.79 Å². The molecule has 0 bridgehead atoms. The average Bonchev–Trinajstić information content (AvgIpc) is 3.14. The Bertz CT molecular complexity index is 921. The fraction of sp³-hybridized carbons (Fsp3) is 0.500. The summed E-state index contributed by atoms with van der Waals surface area (Å²) in [5, 5.41) is 0. The lowest BCUT2D eigenvalue weighted by Gasteiger charge is -2.25. The summed E-state index contributed by atoms with van der Waals surface area (Å²) in [5.41, 5.74) is 0.0215. The molecule has 1 unspecified atom stereocenters. The Morgan fingerprint density at radius 1 is 1.21 bits per heavy atom. The number of likely N-dealkylation sites (tertiary alicyclic amines) is 1. The first kappa shape index (κ1) is 16.2. The Balaban J connectivity index is 2.02. The number of carbonyl (C=O) groups is 1. The zero-order valence-electron chi connectivity index (χ0n) is 14.3. The molecule has 1 amide bonds. The molecule has 8 nitrogen and oxygen atoms in total. The first-order valence-corrected chi connectivity index (χ1v) is 7.89. The number of aryl methyl sites for hydroxylation is 2. The minimum Gasteiger partial charge on any atom is -0.336 e. The Hall–Kier alpha value is -2.64. The maximum absolute atomic E-state index is 13.0. The maximum Gasteiger partial charge on any atom is 0.331 e. The molecule has 2 aromatic heterocycles. The molecule has 0 aliphatic carbocycles. The number of hydrogen-bond acceptors (Lipinski definition) is 4. The summed E-state index contributed by atoms with van der Waals surface area (Å²) in [6.07, 6.45) is 3.60. The molecule has 1 fully saturated rings. The van der Waals surface area contributed by atoms with Crippen LogP contribution >= 0.6 is 0 Å². The van der Waals surface area contributed by atoms with Crippen LogP contribution in [-0.4, -0.2) is 36.0 Å². The van der Waals surface area contributed by atoms with E-state index in [-0.39, 0.29) is 17.6 Å². The first-order chi connectivity index (χ1) is 11.3. The van der Waals surface area contributed by atoms with Crippen molar-refractivity contribution in [2.24, 2.45) is 21.1 Å². The van der Waals surface area contributed by atoms with E-state index in [4.69, 9.17) is 0 Å². The largest absolute Gasteiger partial charge is 0.336 e.